The van der Waals surface area contributed by atoms with Crippen LogP contribution in [0.15, 0.2) is 47.8 Å². The lowest BCUT2D eigenvalue weighted by atomic mass is 9.98. The van der Waals surface area contributed by atoms with Crippen molar-refractivity contribution in [2.45, 2.75) is 32.1 Å². The molecule has 1 amide bonds. The topological polar surface area (TPSA) is 29.1 Å². The lowest BCUT2D eigenvalue weighted by Gasteiger charge is -2.12. The molecule has 0 saturated carbocycles. The van der Waals surface area contributed by atoms with Crippen LogP contribution >= 0.6 is 11.3 Å². The minimum atomic E-state index is 0.152. The summed E-state index contributed by atoms with van der Waals surface area (Å²) < 4.78 is 0. The van der Waals surface area contributed by atoms with Crippen molar-refractivity contribution in [3.05, 3.63) is 58.3 Å². The monoisotopic (exact) mass is 287 g/mol. The number of carbonyl (C=O) groups is 1. The first-order valence-corrected chi connectivity index (χ1v) is 7.97. The maximum atomic E-state index is 11.7. The van der Waals surface area contributed by atoms with E-state index in [1.807, 2.05) is 12.1 Å². The summed E-state index contributed by atoms with van der Waals surface area (Å²) in [4.78, 5) is 13.0. The number of amides is 1. The van der Waals surface area contributed by atoms with Crippen LogP contribution in [0.5, 0.6) is 0 Å². The molecule has 2 aromatic rings. The van der Waals surface area contributed by atoms with E-state index in [4.69, 9.17) is 0 Å². The Kier molecular flexibility index (Phi) is 5.81. The number of benzene rings is 1. The van der Waals surface area contributed by atoms with Gasteiger partial charge in [0.1, 0.15) is 0 Å². The number of nitrogens with one attached hydrogen (secondary N) is 1. The number of hydrogen-bond acceptors (Lipinski definition) is 2. The Labute approximate surface area is 124 Å². The fraction of sp³-hybridized carbons (Fsp3) is 0.353. The second-order valence-corrected chi connectivity index (χ2v) is 6.06. The molecule has 0 aliphatic carbocycles. The maximum absolute atomic E-state index is 11.7. The highest BCUT2D eigenvalue weighted by Crippen LogP contribution is 2.17. The molecule has 1 heterocycles. The molecule has 0 aliphatic heterocycles. The molecule has 0 bridgehead atoms. The molecule has 1 unspecified atom stereocenters. The summed E-state index contributed by atoms with van der Waals surface area (Å²) in [6, 6.07) is 14.5. The van der Waals surface area contributed by atoms with Gasteiger partial charge < -0.3 is 5.32 Å². The third-order valence-electron chi connectivity index (χ3n) is 3.45. The van der Waals surface area contributed by atoms with Crippen molar-refractivity contribution in [1.29, 1.82) is 0 Å². The standard InChI is InChI=1S/C17H21NOS/c1-14(15-6-3-2-4-7-15)11-12-18-17(19)10-9-16-8-5-13-20-16/h2-8,13-14H,9-12H2,1H3,(H,18,19). The molecular formula is C17H21NOS. The summed E-state index contributed by atoms with van der Waals surface area (Å²) in [5.74, 6) is 0.632. The van der Waals surface area contributed by atoms with E-state index in [0.29, 0.717) is 12.3 Å². The van der Waals surface area contributed by atoms with Crippen LogP contribution in [0, 0.1) is 0 Å². The van der Waals surface area contributed by atoms with Crippen molar-refractivity contribution in [3.8, 4) is 0 Å². The zero-order valence-corrected chi connectivity index (χ0v) is 12.7. The average molecular weight is 287 g/mol. The fourth-order valence-electron chi connectivity index (χ4n) is 2.16. The highest BCUT2D eigenvalue weighted by molar-refractivity contribution is 7.09. The van der Waals surface area contributed by atoms with Crippen LogP contribution in [0.1, 0.15) is 36.1 Å². The van der Waals surface area contributed by atoms with E-state index in [1.165, 1.54) is 10.4 Å². The summed E-state index contributed by atoms with van der Waals surface area (Å²) >= 11 is 1.71. The lowest BCUT2D eigenvalue weighted by Crippen LogP contribution is -2.25. The van der Waals surface area contributed by atoms with Crippen LogP contribution in [-0.4, -0.2) is 12.5 Å². The van der Waals surface area contributed by atoms with Gasteiger partial charge in [0.2, 0.25) is 5.91 Å². The van der Waals surface area contributed by atoms with Gasteiger partial charge in [-0.3, -0.25) is 4.79 Å². The van der Waals surface area contributed by atoms with Crippen LogP contribution in [0.2, 0.25) is 0 Å². The molecule has 1 atom stereocenters. The fourth-order valence-corrected chi connectivity index (χ4v) is 2.87. The van der Waals surface area contributed by atoms with Gasteiger partial charge in [-0.05, 0) is 35.8 Å². The van der Waals surface area contributed by atoms with Crippen molar-refractivity contribution in [2.24, 2.45) is 0 Å². The highest BCUT2D eigenvalue weighted by atomic mass is 32.1. The number of hydrogen-bond donors (Lipinski definition) is 1. The number of rotatable bonds is 7. The number of carbonyl (C=O) groups excluding carboxylic acids is 1. The lowest BCUT2D eigenvalue weighted by molar-refractivity contribution is -0.121. The molecule has 0 radical (unpaired) electrons. The van der Waals surface area contributed by atoms with Gasteiger partial charge >= 0.3 is 0 Å². The molecule has 0 spiro atoms. The SMILES string of the molecule is CC(CCNC(=O)CCc1cccs1)c1ccccc1. The Morgan fingerprint density at radius 3 is 2.70 bits per heavy atom. The van der Waals surface area contributed by atoms with Crippen molar-refractivity contribution >= 4 is 17.2 Å². The normalized spacial score (nSPS) is 12.1. The minimum Gasteiger partial charge on any atom is -0.356 e. The van der Waals surface area contributed by atoms with Gasteiger partial charge in [0.15, 0.2) is 0 Å². The van der Waals surface area contributed by atoms with E-state index in [2.05, 4.69) is 48.0 Å². The quantitative estimate of drug-likeness (QED) is 0.819. The maximum Gasteiger partial charge on any atom is 0.220 e. The van der Waals surface area contributed by atoms with Crippen LogP contribution in [0.3, 0.4) is 0 Å². The van der Waals surface area contributed by atoms with E-state index in [0.717, 1.165) is 19.4 Å². The van der Waals surface area contributed by atoms with Gasteiger partial charge in [-0.1, -0.05) is 43.3 Å². The molecule has 2 nitrogen and oxygen atoms in total. The summed E-state index contributed by atoms with van der Waals surface area (Å²) in [7, 11) is 0. The predicted octanol–water partition coefficient (Wildman–Crippen LogP) is 3.99. The first kappa shape index (κ1) is 14.8. The van der Waals surface area contributed by atoms with Crippen molar-refractivity contribution < 1.29 is 4.79 Å². The van der Waals surface area contributed by atoms with Crippen LogP contribution in [0.25, 0.3) is 0 Å². The smallest absolute Gasteiger partial charge is 0.220 e. The largest absolute Gasteiger partial charge is 0.356 e. The molecular weight excluding hydrogens is 266 g/mol. The van der Waals surface area contributed by atoms with Crippen LogP contribution in [0.4, 0.5) is 0 Å². The minimum absolute atomic E-state index is 0.152. The molecule has 0 saturated heterocycles. The van der Waals surface area contributed by atoms with Gasteiger partial charge in [-0.2, -0.15) is 0 Å². The van der Waals surface area contributed by atoms with Crippen molar-refractivity contribution in [2.75, 3.05) is 6.54 Å². The predicted molar refractivity (Wildman–Crippen MR) is 85.1 cm³/mol. The van der Waals surface area contributed by atoms with Gasteiger partial charge in [0.05, 0.1) is 0 Å². The van der Waals surface area contributed by atoms with Crippen LogP contribution in [-0.2, 0) is 11.2 Å². The summed E-state index contributed by atoms with van der Waals surface area (Å²) in [6.07, 6.45) is 2.41. The molecule has 1 aromatic heterocycles. The Morgan fingerprint density at radius 1 is 1.20 bits per heavy atom. The average Bonchev–Trinajstić information content (AvgIpc) is 2.99. The van der Waals surface area contributed by atoms with E-state index < -0.39 is 0 Å². The second-order valence-electron chi connectivity index (χ2n) is 5.03. The third kappa shape index (κ3) is 4.82. The Bertz CT molecular complexity index is 507. The first-order chi connectivity index (χ1) is 9.75. The first-order valence-electron chi connectivity index (χ1n) is 7.09. The molecule has 1 N–H and O–H groups in total. The van der Waals surface area contributed by atoms with E-state index in [9.17, 15) is 4.79 Å². The zero-order valence-electron chi connectivity index (χ0n) is 11.8. The van der Waals surface area contributed by atoms with Gasteiger partial charge in [-0.25, -0.2) is 0 Å². The molecule has 0 aliphatic rings. The number of thiophene rings is 1. The van der Waals surface area contributed by atoms with Gasteiger partial charge in [0.25, 0.3) is 0 Å². The molecule has 106 valence electrons. The molecule has 1 aromatic carbocycles. The van der Waals surface area contributed by atoms with E-state index in [-0.39, 0.29) is 5.91 Å². The Hall–Kier alpha value is -1.61. The molecule has 20 heavy (non-hydrogen) atoms. The Balaban J connectivity index is 1.64. The van der Waals surface area contributed by atoms with Gasteiger partial charge in [0, 0.05) is 17.8 Å². The molecule has 3 heteroatoms. The van der Waals surface area contributed by atoms with Crippen LogP contribution < -0.4 is 5.32 Å². The second kappa shape index (κ2) is 7.85. The van der Waals surface area contributed by atoms with E-state index in [1.54, 1.807) is 11.3 Å². The zero-order chi connectivity index (χ0) is 14.2. The van der Waals surface area contributed by atoms with Gasteiger partial charge in [-0.15, -0.1) is 11.3 Å². The third-order valence-corrected chi connectivity index (χ3v) is 4.38. The molecule has 2 rings (SSSR count). The van der Waals surface area contributed by atoms with Crippen molar-refractivity contribution in [3.63, 3.8) is 0 Å². The molecule has 0 fully saturated rings. The highest BCUT2D eigenvalue weighted by Gasteiger charge is 2.06. The van der Waals surface area contributed by atoms with E-state index >= 15 is 0 Å². The summed E-state index contributed by atoms with van der Waals surface area (Å²) in [5.41, 5.74) is 1.33. The summed E-state index contributed by atoms with van der Waals surface area (Å²) in [6.45, 7) is 2.95. The van der Waals surface area contributed by atoms with Crippen molar-refractivity contribution in [1.82, 2.24) is 5.32 Å². The summed E-state index contributed by atoms with van der Waals surface area (Å²) in [5, 5.41) is 5.06. The Morgan fingerprint density at radius 2 is 2.00 bits per heavy atom. The number of aryl methyl sites for hydroxylation is 1.